The van der Waals surface area contributed by atoms with E-state index in [1.165, 1.54) is 57.7 Å². The molecule has 2 fully saturated rings. The second-order valence-corrected chi connectivity index (χ2v) is 12.2. The van der Waals surface area contributed by atoms with E-state index in [0.29, 0.717) is 11.7 Å². The zero-order valence-corrected chi connectivity index (χ0v) is 20.4. The summed E-state index contributed by atoms with van der Waals surface area (Å²) in [6.45, 7) is 2.54. The van der Waals surface area contributed by atoms with Crippen LogP contribution in [0.25, 0.3) is 0 Å². The van der Waals surface area contributed by atoms with Gasteiger partial charge in [-0.1, -0.05) is 42.8 Å². The van der Waals surface area contributed by atoms with Crippen LogP contribution in [0.2, 0.25) is 0 Å². The molecule has 2 aromatic rings. The molecule has 5 rings (SSSR count). The van der Waals surface area contributed by atoms with Gasteiger partial charge in [0.05, 0.1) is 12.4 Å². The second-order valence-electron chi connectivity index (χ2n) is 10.3. The fourth-order valence-corrected chi connectivity index (χ4v) is 7.48. The van der Waals surface area contributed by atoms with Crippen LogP contribution in [0.3, 0.4) is 0 Å². The molecule has 1 heterocycles. The highest BCUT2D eigenvalue weighted by Crippen LogP contribution is 2.47. The van der Waals surface area contributed by atoms with E-state index in [2.05, 4.69) is 46.0 Å². The van der Waals surface area contributed by atoms with Crippen molar-refractivity contribution in [2.45, 2.75) is 56.4 Å². The van der Waals surface area contributed by atoms with Gasteiger partial charge in [-0.3, -0.25) is 4.72 Å². The molecule has 0 aromatic heterocycles. The lowest BCUT2D eigenvalue weighted by Crippen LogP contribution is -2.52. The van der Waals surface area contributed by atoms with E-state index < -0.39 is 10.0 Å². The van der Waals surface area contributed by atoms with Crippen molar-refractivity contribution >= 4 is 15.7 Å². The molecule has 0 radical (unpaired) electrons. The number of hydrogen-bond donors (Lipinski definition) is 1. The highest BCUT2D eigenvalue weighted by Gasteiger charge is 2.44. The van der Waals surface area contributed by atoms with Gasteiger partial charge in [-0.05, 0) is 85.2 Å². The molecule has 2 unspecified atom stereocenters. The first kappa shape index (κ1) is 22.9. The lowest BCUT2D eigenvalue weighted by atomic mass is 9.63. The topological polar surface area (TPSA) is 58.6 Å². The third-order valence-corrected chi connectivity index (χ3v) is 9.40. The van der Waals surface area contributed by atoms with Gasteiger partial charge < -0.3 is 9.64 Å². The lowest BCUT2D eigenvalue weighted by Gasteiger charge is -2.51. The predicted molar refractivity (Wildman–Crippen MR) is 133 cm³/mol. The van der Waals surface area contributed by atoms with Crippen molar-refractivity contribution in [3.63, 3.8) is 0 Å². The monoisotopic (exact) mass is 468 g/mol. The summed E-state index contributed by atoms with van der Waals surface area (Å²) in [5.74, 6) is 0.711. The minimum atomic E-state index is -3.40. The summed E-state index contributed by atoms with van der Waals surface area (Å²) in [7, 11) is -1.88. The van der Waals surface area contributed by atoms with Crippen molar-refractivity contribution in [2.24, 2.45) is 5.92 Å². The Morgan fingerprint density at radius 1 is 1.09 bits per heavy atom. The van der Waals surface area contributed by atoms with E-state index in [1.54, 1.807) is 11.1 Å². The number of anilines is 1. The molecule has 1 N–H and O–H groups in total. The zero-order chi connectivity index (χ0) is 22.9. The number of nitrogens with zero attached hydrogens (tertiary/aromatic N) is 1. The van der Waals surface area contributed by atoms with Gasteiger partial charge in [-0.15, -0.1) is 0 Å². The van der Waals surface area contributed by atoms with Crippen LogP contribution in [0.5, 0.6) is 0 Å². The average Bonchev–Trinajstić information content (AvgIpc) is 3.22. The Labute approximate surface area is 198 Å². The normalized spacial score (nSPS) is 25.7. The quantitative estimate of drug-likeness (QED) is 0.625. The molecule has 2 bridgehead atoms. The minimum absolute atomic E-state index is 0.0268. The van der Waals surface area contributed by atoms with Crippen molar-refractivity contribution in [2.75, 3.05) is 37.3 Å². The SMILES string of the molecule is COCCS(=O)(=O)Nc1cccc(C23CCCC(C2)N(CC2Cc4ccccc4C2)CC3)c1. The number of hydrogen-bond acceptors (Lipinski definition) is 4. The smallest absolute Gasteiger partial charge is 0.234 e. The Morgan fingerprint density at radius 2 is 1.88 bits per heavy atom. The predicted octanol–water partition coefficient (Wildman–Crippen LogP) is 4.38. The van der Waals surface area contributed by atoms with E-state index in [1.807, 2.05) is 12.1 Å². The van der Waals surface area contributed by atoms with Crippen LogP contribution >= 0.6 is 0 Å². The molecule has 5 nitrogen and oxygen atoms in total. The summed E-state index contributed by atoms with van der Waals surface area (Å²) in [5, 5.41) is 0. The largest absolute Gasteiger partial charge is 0.384 e. The number of rotatable bonds is 8. The fraction of sp³-hybridized carbons (Fsp3) is 0.556. The van der Waals surface area contributed by atoms with E-state index in [4.69, 9.17) is 4.74 Å². The van der Waals surface area contributed by atoms with Crippen molar-refractivity contribution in [3.05, 3.63) is 65.2 Å². The van der Waals surface area contributed by atoms with Crippen LogP contribution < -0.4 is 4.72 Å². The maximum Gasteiger partial charge on any atom is 0.234 e. The summed E-state index contributed by atoms with van der Waals surface area (Å²) in [6, 6.07) is 17.7. The van der Waals surface area contributed by atoms with Crippen LogP contribution in [-0.2, 0) is 33.0 Å². The number of nitrogens with one attached hydrogen (secondary N) is 1. The Kier molecular flexibility index (Phi) is 6.51. The number of likely N-dealkylation sites (tertiary alicyclic amines) is 1. The van der Waals surface area contributed by atoms with E-state index in [9.17, 15) is 8.42 Å². The summed E-state index contributed by atoms with van der Waals surface area (Å²) >= 11 is 0. The van der Waals surface area contributed by atoms with Crippen LogP contribution in [0.4, 0.5) is 5.69 Å². The third kappa shape index (κ3) is 4.98. The van der Waals surface area contributed by atoms with Crippen LogP contribution in [0.1, 0.15) is 48.8 Å². The van der Waals surface area contributed by atoms with Gasteiger partial charge in [0.25, 0.3) is 0 Å². The number of fused-ring (bicyclic) bond motifs is 3. The summed E-state index contributed by atoms with van der Waals surface area (Å²) < 4.78 is 32.4. The average molecular weight is 469 g/mol. The maximum atomic E-state index is 12.4. The van der Waals surface area contributed by atoms with E-state index in [-0.39, 0.29) is 17.8 Å². The third-order valence-electron chi connectivity index (χ3n) is 8.15. The maximum absolute atomic E-state index is 12.4. The highest BCUT2D eigenvalue weighted by atomic mass is 32.2. The van der Waals surface area contributed by atoms with Crippen LogP contribution in [-0.4, -0.2) is 51.9 Å². The van der Waals surface area contributed by atoms with Crippen LogP contribution in [0.15, 0.2) is 48.5 Å². The van der Waals surface area contributed by atoms with Gasteiger partial charge >= 0.3 is 0 Å². The lowest BCUT2D eigenvalue weighted by molar-refractivity contribution is 0.0411. The molecule has 1 saturated heterocycles. The van der Waals surface area contributed by atoms with Gasteiger partial charge in [-0.25, -0.2) is 8.42 Å². The first-order valence-corrected chi connectivity index (χ1v) is 14.0. The molecule has 1 aliphatic heterocycles. The number of methoxy groups -OCH3 is 1. The molecule has 2 aliphatic carbocycles. The molecule has 178 valence electrons. The van der Waals surface area contributed by atoms with Gasteiger partial charge in [0.1, 0.15) is 0 Å². The van der Waals surface area contributed by atoms with Gasteiger partial charge in [0.2, 0.25) is 10.0 Å². The first-order chi connectivity index (χ1) is 16.0. The Balaban J connectivity index is 1.26. The molecule has 0 amide bonds. The number of sulfonamides is 1. The van der Waals surface area contributed by atoms with Gasteiger partial charge in [0.15, 0.2) is 0 Å². The van der Waals surface area contributed by atoms with Gasteiger partial charge in [0, 0.05) is 25.4 Å². The number of benzene rings is 2. The summed E-state index contributed by atoms with van der Waals surface area (Å²) in [5.41, 5.74) is 5.23. The molecule has 2 atom stereocenters. The fourth-order valence-electron chi connectivity index (χ4n) is 6.50. The standard InChI is InChI=1S/C27H36N2O3S/c1-32-14-15-33(30,31)28-25-9-4-8-24(18-25)27-11-5-10-26(19-27)29(13-12-27)20-21-16-22-6-2-3-7-23(22)17-21/h2-4,6-9,18,21,26,28H,5,10-17,19-20H2,1H3. The molecular formula is C27H36N2O3S. The second kappa shape index (κ2) is 9.40. The Hall–Kier alpha value is -1.89. The molecular weight excluding hydrogens is 432 g/mol. The summed E-state index contributed by atoms with van der Waals surface area (Å²) in [6.07, 6.45) is 8.51. The highest BCUT2D eigenvalue weighted by molar-refractivity contribution is 7.92. The first-order valence-electron chi connectivity index (χ1n) is 12.4. The Bertz CT molecular complexity index is 1060. The minimum Gasteiger partial charge on any atom is -0.384 e. The van der Waals surface area contributed by atoms with Crippen molar-refractivity contribution in [1.29, 1.82) is 0 Å². The molecule has 0 spiro atoms. The summed E-state index contributed by atoms with van der Waals surface area (Å²) in [4.78, 5) is 2.77. The van der Waals surface area contributed by atoms with Crippen molar-refractivity contribution < 1.29 is 13.2 Å². The van der Waals surface area contributed by atoms with E-state index >= 15 is 0 Å². The van der Waals surface area contributed by atoms with Crippen molar-refractivity contribution in [3.8, 4) is 0 Å². The molecule has 33 heavy (non-hydrogen) atoms. The number of ether oxygens (including phenoxy) is 1. The van der Waals surface area contributed by atoms with E-state index in [0.717, 1.165) is 18.9 Å². The molecule has 2 aromatic carbocycles. The number of piperidine rings is 1. The van der Waals surface area contributed by atoms with Gasteiger partial charge in [-0.2, -0.15) is 0 Å². The molecule has 1 saturated carbocycles. The Morgan fingerprint density at radius 3 is 2.64 bits per heavy atom. The zero-order valence-electron chi connectivity index (χ0n) is 19.6. The molecule has 3 aliphatic rings. The molecule has 6 heteroatoms. The van der Waals surface area contributed by atoms with Crippen LogP contribution in [0, 0.1) is 5.92 Å². The van der Waals surface area contributed by atoms with Crippen molar-refractivity contribution in [1.82, 2.24) is 4.90 Å².